The van der Waals surface area contributed by atoms with E-state index in [9.17, 15) is 0 Å². The Balaban J connectivity index is 1.73. The SMILES string of the molecule is CCNC1CCC(C)(CCSc2ccccc2)C1. The van der Waals surface area contributed by atoms with E-state index in [1.54, 1.807) is 0 Å². The van der Waals surface area contributed by atoms with E-state index in [0.29, 0.717) is 5.41 Å². The predicted molar refractivity (Wildman–Crippen MR) is 81.2 cm³/mol. The second kappa shape index (κ2) is 6.63. The van der Waals surface area contributed by atoms with E-state index in [0.717, 1.165) is 12.6 Å². The summed E-state index contributed by atoms with van der Waals surface area (Å²) >= 11 is 2.00. The maximum atomic E-state index is 3.60. The topological polar surface area (TPSA) is 12.0 Å². The van der Waals surface area contributed by atoms with Gasteiger partial charge >= 0.3 is 0 Å². The summed E-state index contributed by atoms with van der Waals surface area (Å²) in [7, 11) is 0. The third-order valence-electron chi connectivity index (χ3n) is 4.05. The average molecular weight is 263 g/mol. The van der Waals surface area contributed by atoms with Gasteiger partial charge in [-0.1, -0.05) is 32.0 Å². The zero-order valence-corrected chi connectivity index (χ0v) is 12.4. The van der Waals surface area contributed by atoms with Crippen molar-refractivity contribution in [3.63, 3.8) is 0 Å². The summed E-state index contributed by atoms with van der Waals surface area (Å²) in [6.07, 6.45) is 5.45. The van der Waals surface area contributed by atoms with Crippen LogP contribution >= 0.6 is 11.8 Å². The molecular formula is C16H25NS. The Labute approximate surface area is 116 Å². The molecule has 0 bridgehead atoms. The van der Waals surface area contributed by atoms with Crippen molar-refractivity contribution in [1.82, 2.24) is 5.32 Å². The highest BCUT2D eigenvalue weighted by Gasteiger charge is 2.33. The number of thioether (sulfide) groups is 1. The Bertz CT molecular complexity index is 351. The fourth-order valence-corrected chi connectivity index (χ4v) is 4.12. The van der Waals surface area contributed by atoms with Gasteiger partial charge in [0.05, 0.1) is 0 Å². The van der Waals surface area contributed by atoms with Gasteiger partial charge in [0.1, 0.15) is 0 Å². The van der Waals surface area contributed by atoms with Crippen molar-refractivity contribution in [3.8, 4) is 0 Å². The molecule has 2 atom stereocenters. The molecule has 2 rings (SSSR count). The van der Waals surface area contributed by atoms with Crippen LogP contribution in [0, 0.1) is 5.41 Å². The van der Waals surface area contributed by atoms with Crippen molar-refractivity contribution < 1.29 is 0 Å². The highest BCUT2D eigenvalue weighted by Crippen LogP contribution is 2.41. The summed E-state index contributed by atoms with van der Waals surface area (Å²) in [6, 6.07) is 11.5. The van der Waals surface area contributed by atoms with E-state index in [2.05, 4.69) is 49.5 Å². The quantitative estimate of drug-likeness (QED) is 0.766. The van der Waals surface area contributed by atoms with Crippen LogP contribution in [0.1, 0.15) is 39.5 Å². The van der Waals surface area contributed by atoms with Crippen molar-refractivity contribution >= 4 is 11.8 Å². The van der Waals surface area contributed by atoms with Crippen molar-refractivity contribution in [2.75, 3.05) is 12.3 Å². The molecule has 0 saturated heterocycles. The first-order valence-electron chi connectivity index (χ1n) is 7.13. The Hall–Kier alpha value is -0.470. The molecule has 0 amide bonds. The molecule has 0 radical (unpaired) electrons. The lowest BCUT2D eigenvalue weighted by Crippen LogP contribution is -2.27. The molecule has 1 fully saturated rings. The minimum absolute atomic E-state index is 0.564. The van der Waals surface area contributed by atoms with Crippen LogP contribution < -0.4 is 5.32 Å². The van der Waals surface area contributed by atoms with Gasteiger partial charge in [0.15, 0.2) is 0 Å². The van der Waals surface area contributed by atoms with Crippen LogP contribution in [0.15, 0.2) is 35.2 Å². The Kier molecular flexibility index (Phi) is 5.13. The molecule has 2 unspecified atom stereocenters. The average Bonchev–Trinajstić information content (AvgIpc) is 2.73. The minimum Gasteiger partial charge on any atom is -0.314 e. The van der Waals surface area contributed by atoms with E-state index in [1.165, 1.54) is 36.3 Å². The molecule has 1 aliphatic carbocycles. The summed E-state index contributed by atoms with van der Waals surface area (Å²) in [5.41, 5.74) is 0.564. The molecule has 1 nitrogen and oxygen atoms in total. The van der Waals surface area contributed by atoms with E-state index in [1.807, 2.05) is 11.8 Å². The van der Waals surface area contributed by atoms with E-state index in [4.69, 9.17) is 0 Å². The van der Waals surface area contributed by atoms with Gasteiger partial charge in [0.2, 0.25) is 0 Å². The van der Waals surface area contributed by atoms with Crippen molar-refractivity contribution in [2.24, 2.45) is 5.41 Å². The summed E-state index contributed by atoms with van der Waals surface area (Å²) < 4.78 is 0. The molecule has 0 aliphatic heterocycles. The molecule has 1 aromatic carbocycles. The maximum Gasteiger partial charge on any atom is 0.00723 e. The van der Waals surface area contributed by atoms with E-state index < -0.39 is 0 Å². The number of benzene rings is 1. The zero-order valence-electron chi connectivity index (χ0n) is 11.6. The highest BCUT2D eigenvalue weighted by molar-refractivity contribution is 7.99. The van der Waals surface area contributed by atoms with Gasteiger partial charge in [-0.3, -0.25) is 0 Å². The van der Waals surface area contributed by atoms with Gasteiger partial charge < -0.3 is 5.32 Å². The number of nitrogens with one attached hydrogen (secondary N) is 1. The molecule has 2 heteroatoms. The van der Waals surface area contributed by atoms with Crippen LogP contribution in [-0.2, 0) is 0 Å². The molecule has 0 heterocycles. The fourth-order valence-electron chi connectivity index (χ4n) is 2.94. The molecule has 0 spiro atoms. The normalized spacial score (nSPS) is 27.6. The summed E-state index contributed by atoms with van der Waals surface area (Å²) in [4.78, 5) is 1.40. The van der Waals surface area contributed by atoms with Gasteiger partial charge in [-0.2, -0.15) is 0 Å². The van der Waals surface area contributed by atoms with Crippen molar-refractivity contribution in [2.45, 2.75) is 50.5 Å². The largest absolute Gasteiger partial charge is 0.314 e. The van der Waals surface area contributed by atoms with Crippen LogP contribution in [0.4, 0.5) is 0 Å². The maximum absolute atomic E-state index is 3.60. The van der Waals surface area contributed by atoms with Crippen LogP contribution in [0.5, 0.6) is 0 Å². The smallest absolute Gasteiger partial charge is 0.00723 e. The second-order valence-corrected chi connectivity index (χ2v) is 6.89. The lowest BCUT2D eigenvalue weighted by Gasteiger charge is -2.24. The Morgan fingerprint density at radius 3 is 2.83 bits per heavy atom. The summed E-state index contributed by atoms with van der Waals surface area (Å²) in [6.45, 7) is 5.79. The van der Waals surface area contributed by atoms with Gasteiger partial charge in [-0.05, 0) is 55.5 Å². The monoisotopic (exact) mass is 263 g/mol. The third kappa shape index (κ3) is 4.03. The third-order valence-corrected chi connectivity index (χ3v) is 5.06. The lowest BCUT2D eigenvalue weighted by molar-refractivity contribution is 0.315. The standard InChI is InChI=1S/C16H25NS/c1-3-17-14-9-10-16(2,13-14)11-12-18-15-7-5-4-6-8-15/h4-8,14,17H,3,9-13H2,1-2H3. The molecule has 1 saturated carbocycles. The van der Waals surface area contributed by atoms with Crippen LogP contribution in [0.3, 0.4) is 0 Å². The first-order valence-corrected chi connectivity index (χ1v) is 8.12. The van der Waals surface area contributed by atoms with Gasteiger partial charge in [0, 0.05) is 10.9 Å². The lowest BCUT2D eigenvalue weighted by atomic mass is 9.86. The number of hydrogen-bond donors (Lipinski definition) is 1. The predicted octanol–water partition coefficient (Wildman–Crippen LogP) is 4.34. The second-order valence-electron chi connectivity index (χ2n) is 5.72. The summed E-state index contributed by atoms with van der Waals surface area (Å²) in [5, 5.41) is 3.60. The fraction of sp³-hybridized carbons (Fsp3) is 0.625. The van der Waals surface area contributed by atoms with E-state index >= 15 is 0 Å². The van der Waals surface area contributed by atoms with E-state index in [-0.39, 0.29) is 0 Å². The zero-order chi connectivity index (χ0) is 12.8. The highest BCUT2D eigenvalue weighted by atomic mass is 32.2. The van der Waals surface area contributed by atoms with Crippen LogP contribution in [0.25, 0.3) is 0 Å². The first-order chi connectivity index (χ1) is 8.72. The number of rotatable bonds is 6. The minimum atomic E-state index is 0.564. The molecular weight excluding hydrogens is 238 g/mol. The first kappa shape index (κ1) is 14.0. The Morgan fingerprint density at radius 1 is 1.33 bits per heavy atom. The van der Waals surface area contributed by atoms with Gasteiger partial charge in [-0.25, -0.2) is 0 Å². The number of hydrogen-bond acceptors (Lipinski definition) is 2. The van der Waals surface area contributed by atoms with Crippen LogP contribution in [-0.4, -0.2) is 18.3 Å². The molecule has 0 aromatic heterocycles. The van der Waals surface area contributed by atoms with Gasteiger partial charge in [0.25, 0.3) is 0 Å². The summed E-state index contributed by atoms with van der Waals surface area (Å²) in [5.74, 6) is 1.25. The van der Waals surface area contributed by atoms with Gasteiger partial charge in [-0.15, -0.1) is 11.8 Å². The molecule has 18 heavy (non-hydrogen) atoms. The molecule has 100 valence electrons. The Morgan fingerprint density at radius 2 is 2.11 bits per heavy atom. The molecule has 1 aromatic rings. The van der Waals surface area contributed by atoms with Crippen molar-refractivity contribution in [3.05, 3.63) is 30.3 Å². The van der Waals surface area contributed by atoms with Crippen molar-refractivity contribution in [1.29, 1.82) is 0 Å². The molecule has 1 aliphatic rings. The van der Waals surface area contributed by atoms with Crippen LogP contribution in [0.2, 0.25) is 0 Å². The molecule has 1 N–H and O–H groups in total.